The molecule has 1 amide bonds. The molecule has 4 atom stereocenters. The molecule has 0 spiro atoms. The summed E-state index contributed by atoms with van der Waals surface area (Å²) >= 11 is 0. The van der Waals surface area contributed by atoms with Crippen molar-refractivity contribution < 1.29 is 18.0 Å². The van der Waals surface area contributed by atoms with Crippen molar-refractivity contribution in [2.24, 2.45) is 17.8 Å². The van der Waals surface area contributed by atoms with Gasteiger partial charge in [-0.1, -0.05) is 13.0 Å². The predicted octanol–water partition coefficient (Wildman–Crippen LogP) is 5.14. The van der Waals surface area contributed by atoms with E-state index in [-0.39, 0.29) is 5.91 Å². The summed E-state index contributed by atoms with van der Waals surface area (Å²) in [5.74, 6) is 1.67. The van der Waals surface area contributed by atoms with Gasteiger partial charge < -0.3 is 10.3 Å². The molecule has 2 aromatic rings. The quantitative estimate of drug-likeness (QED) is 0.721. The average molecular weight is 407 g/mol. The minimum atomic E-state index is -4.10. The van der Waals surface area contributed by atoms with Gasteiger partial charge in [-0.25, -0.2) is 0 Å². The fraction of sp³-hybridized carbons (Fsp3) is 0.591. The molecule has 1 saturated carbocycles. The molecule has 2 fully saturated rings. The van der Waals surface area contributed by atoms with Crippen LogP contribution >= 0.6 is 0 Å². The molecule has 7 heteroatoms. The molecule has 1 aliphatic heterocycles. The van der Waals surface area contributed by atoms with E-state index in [0.29, 0.717) is 36.8 Å². The van der Waals surface area contributed by atoms with E-state index in [1.54, 1.807) is 4.90 Å². The topological polar surface area (TPSA) is 48.1 Å². The number of halogens is 3. The molecule has 2 heterocycles. The van der Waals surface area contributed by atoms with Gasteiger partial charge in [-0.3, -0.25) is 9.69 Å². The van der Waals surface area contributed by atoms with E-state index in [1.807, 2.05) is 12.3 Å². The summed E-state index contributed by atoms with van der Waals surface area (Å²) in [7, 11) is 0. The average Bonchev–Trinajstić information content (AvgIpc) is 3.26. The van der Waals surface area contributed by atoms with Gasteiger partial charge in [0.25, 0.3) is 0 Å². The van der Waals surface area contributed by atoms with E-state index in [4.69, 9.17) is 0 Å². The first-order chi connectivity index (χ1) is 13.7. The fourth-order valence-electron chi connectivity index (χ4n) is 5.47. The molecule has 29 heavy (non-hydrogen) atoms. The van der Waals surface area contributed by atoms with E-state index >= 15 is 0 Å². The minimum Gasteiger partial charge on any atom is -0.359 e. The lowest BCUT2D eigenvalue weighted by molar-refractivity contribution is -0.144. The molecular formula is C22H28F3N3O. The zero-order valence-corrected chi connectivity index (χ0v) is 16.9. The van der Waals surface area contributed by atoms with Crippen molar-refractivity contribution in [3.8, 4) is 0 Å². The summed E-state index contributed by atoms with van der Waals surface area (Å²) in [5.41, 5.74) is 3.02. The molecule has 0 radical (unpaired) electrons. The first-order valence-corrected chi connectivity index (χ1v) is 10.4. The van der Waals surface area contributed by atoms with Crippen LogP contribution in [0.15, 0.2) is 24.4 Å². The van der Waals surface area contributed by atoms with Crippen molar-refractivity contribution in [3.63, 3.8) is 0 Å². The third-order valence-corrected chi connectivity index (χ3v) is 6.60. The number of anilines is 1. The number of carbonyl (C=O) groups excluding carboxylic acids is 1. The van der Waals surface area contributed by atoms with Gasteiger partial charge >= 0.3 is 6.18 Å². The molecule has 1 unspecified atom stereocenters. The number of aromatic amines is 1. The van der Waals surface area contributed by atoms with E-state index in [0.717, 1.165) is 35.9 Å². The number of likely N-dealkylation sites (tertiary alicyclic amines) is 1. The van der Waals surface area contributed by atoms with Crippen molar-refractivity contribution in [1.29, 1.82) is 0 Å². The molecule has 4 nitrogen and oxygen atoms in total. The predicted molar refractivity (Wildman–Crippen MR) is 108 cm³/mol. The minimum absolute atomic E-state index is 0.0959. The number of H-pyrrole nitrogens is 1. The van der Waals surface area contributed by atoms with Crippen LogP contribution in [0.1, 0.15) is 44.6 Å². The molecule has 0 bridgehead atoms. The molecule has 1 aliphatic carbocycles. The third kappa shape index (κ3) is 4.60. The SMILES string of the molecule is CC(=O)Nc1c[nH]c2ccc(C(C)C[C@@H]3C[C@@H]4CN(CC(F)(F)F)C[C@@H]4C3)cc12. The Balaban J connectivity index is 1.37. The second-order valence-electron chi connectivity index (χ2n) is 8.99. The number of nitrogens with zero attached hydrogens (tertiary/aromatic N) is 1. The standard InChI is InChI=1S/C22H28F3N3O/c1-13(16-3-4-20-19(8-16)21(9-26-20)27-14(2)29)5-15-6-17-10-28(11-18(17)7-15)12-22(23,24)25/h3-4,8-9,13,15,17-18,26H,5-7,10-12H2,1-2H3,(H,27,29)/t13?,15-,17-,18+. The van der Waals surface area contributed by atoms with Gasteiger partial charge in [0.1, 0.15) is 0 Å². The highest BCUT2D eigenvalue weighted by molar-refractivity contribution is 6.01. The number of nitrogens with one attached hydrogen (secondary N) is 2. The number of aromatic nitrogens is 1. The lowest BCUT2D eigenvalue weighted by Crippen LogP contribution is -2.33. The van der Waals surface area contributed by atoms with Gasteiger partial charge in [-0.2, -0.15) is 13.2 Å². The Labute approximate surface area is 168 Å². The number of alkyl halides is 3. The molecule has 2 aliphatic rings. The number of amides is 1. The number of hydrogen-bond donors (Lipinski definition) is 2. The van der Waals surface area contributed by atoms with Crippen LogP contribution < -0.4 is 5.32 Å². The summed E-state index contributed by atoms with van der Waals surface area (Å²) in [6.45, 7) is 4.12. The molecule has 4 rings (SSSR count). The van der Waals surface area contributed by atoms with Crippen LogP contribution in [0.3, 0.4) is 0 Å². The Morgan fingerprint density at radius 3 is 2.59 bits per heavy atom. The normalized spacial score (nSPS) is 26.0. The second kappa shape index (κ2) is 7.67. The van der Waals surface area contributed by atoms with Crippen LogP contribution in [0, 0.1) is 17.8 Å². The highest BCUT2D eigenvalue weighted by Crippen LogP contribution is 2.45. The first kappa shape index (κ1) is 20.3. The fourth-order valence-corrected chi connectivity index (χ4v) is 5.47. The van der Waals surface area contributed by atoms with E-state index < -0.39 is 12.7 Å². The van der Waals surface area contributed by atoms with Crippen LogP contribution in [0.4, 0.5) is 18.9 Å². The molecule has 2 N–H and O–H groups in total. The zero-order chi connectivity index (χ0) is 20.8. The number of rotatable bonds is 5. The second-order valence-corrected chi connectivity index (χ2v) is 8.99. The van der Waals surface area contributed by atoms with Gasteiger partial charge in [0.2, 0.25) is 5.91 Å². The smallest absolute Gasteiger partial charge is 0.359 e. The lowest BCUT2D eigenvalue weighted by Gasteiger charge is -2.22. The Hall–Kier alpha value is -2.02. The van der Waals surface area contributed by atoms with Crippen molar-refractivity contribution >= 4 is 22.5 Å². The number of hydrogen-bond acceptors (Lipinski definition) is 2. The Morgan fingerprint density at radius 2 is 1.97 bits per heavy atom. The molecule has 158 valence electrons. The molecular weight excluding hydrogens is 379 g/mol. The number of fused-ring (bicyclic) bond motifs is 2. The maximum atomic E-state index is 12.6. The van der Waals surface area contributed by atoms with E-state index in [1.165, 1.54) is 12.5 Å². The van der Waals surface area contributed by atoms with Crippen LogP contribution in [0.25, 0.3) is 10.9 Å². The van der Waals surface area contributed by atoms with E-state index in [2.05, 4.69) is 29.4 Å². The molecule has 1 aromatic carbocycles. The van der Waals surface area contributed by atoms with Gasteiger partial charge in [-0.05, 0) is 60.6 Å². The van der Waals surface area contributed by atoms with Crippen LogP contribution in [-0.4, -0.2) is 41.6 Å². The van der Waals surface area contributed by atoms with Crippen LogP contribution in [-0.2, 0) is 4.79 Å². The Kier molecular flexibility index (Phi) is 5.36. The first-order valence-electron chi connectivity index (χ1n) is 10.4. The lowest BCUT2D eigenvalue weighted by atomic mass is 9.88. The Morgan fingerprint density at radius 1 is 1.28 bits per heavy atom. The number of carbonyl (C=O) groups is 1. The summed E-state index contributed by atoms with van der Waals surface area (Å²) in [5, 5.41) is 3.87. The highest BCUT2D eigenvalue weighted by atomic mass is 19.4. The zero-order valence-electron chi connectivity index (χ0n) is 16.9. The van der Waals surface area contributed by atoms with Gasteiger partial charge in [-0.15, -0.1) is 0 Å². The summed E-state index contributed by atoms with van der Waals surface area (Å²) in [4.78, 5) is 16.2. The molecule has 1 saturated heterocycles. The van der Waals surface area contributed by atoms with E-state index in [9.17, 15) is 18.0 Å². The largest absolute Gasteiger partial charge is 0.401 e. The van der Waals surface area contributed by atoms with Crippen molar-refractivity contribution in [2.75, 3.05) is 25.0 Å². The van der Waals surface area contributed by atoms with Gasteiger partial charge in [0.15, 0.2) is 0 Å². The van der Waals surface area contributed by atoms with Gasteiger partial charge in [0.05, 0.1) is 12.2 Å². The summed E-state index contributed by atoms with van der Waals surface area (Å²) < 4.78 is 37.9. The van der Waals surface area contributed by atoms with Crippen LogP contribution in [0.5, 0.6) is 0 Å². The van der Waals surface area contributed by atoms with Crippen molar-refractivity contribution in [3.05, 3.63) is 30.0 Å². The van der Waals surface area contributed by atoms with Crippen molar-refractivity contribution in [1.82, 2.24) is 9.88 Å². The highest BCUT2D eigenvalue weighted by Gasteiger charge is 2.43. The van der Waals surface area contributed by atoms with Crippen molar-refractivity contribution in [2.45, 2.75) is 45.2 Å². The summed E-state index contributed by atoms with van der Waals surface area (Å²) in [6, 6.07) is 6.31. The third-order valence-electron chi connectivity index (χ3n) is 6.60. The van der Waals surface area contributed by atoms with Crippen LogP contribution in [0.2, 0.25) is 0 Å². The van der Waals surface area contributed by atoms with Gasteiger partial charge in [0, 0.05) is 37.1 Å². The monoisotopic (exact) mass is 407 g/mol. The maximum absolute atomic E-state index is 12.6. The number of benzene rings is 1. The Bertz CT molecular complexity index is 877. The summed E-state index contributed by atoms with van der Waals surface area (Å²) in [6.07, 6.45) is 0.836. The maximum Gasteiger partial charge on any atom is 0.401 e. The molecule has 1 aromatic heterocycles.